The van der Waals surface area contributed by atoms with Gasteiger partial charge in [0.1, 0.15) is 17.2 Å². The molecule has 0 N–H and O–H groups in total. The second-order valence-electron chi connectivity index (χ2n) is 8.57. The highest BCUT2D eigenvalue weighted by Gasteiger charge is 2.38. The van der Waals surface area contributed by atoms with Crippen LogP contribution in [0.5, 0.6) is 0 Å². The molecule has 0 fully saturated rings. The predicted molar refractivity (Wildman–Crippen MR) is 114 cm³/mol. The molecule has 2 aromatic rings. The van der Waals surface area contributed by atoms with Crippen molar-refractivity contribution >= 4 is 23.5 Å². The highest BCUT2D eigenvalue weighted by atomic mass is 35.5. The molecule has 7 heteroatoms. The maximum Gasteiger partial charge on any atom is 0.336 e. The zero-order chi connectivity index (χ0) is 22.9. The summed E-state index contributed by atoms with van der Waals surface area (Å²) in [7, 11) is 0. The Morgan fingerprint density at radius 3 is 2.39 bits per heavy atom. The lowest BCUT2D eigenvalue weighted by atomic mass is 9.83. The van der Waals surface area contributed by atoms with E-state index >= 15 is 0 Å². The Bertz CT molecular complexity index is 1040. The lowest BCUT2D eigenvalue weighted by Crippen LogP contribution is -2.39. The number of ether oxygens (including phenoxy) is 1. The third-order valence-electron chi connectivity index (χ3n) is 4.96. The van der Waals surface area contributed by atoms with E-state index in [4.69, 9.17) is 16.3 Å². The molecular formula is C24H24ClF2NO3. The molecule has 4 nitrogen and oxygen atoms in total. The van der Waals surface area contributed by atoms with E-state index in [9.17, 15) is 18.4 Å². The first-order chi connectivity index (χ1) is 14.4. The van der Waals surface area contributed by atoms with Gasteiger partial charge in [0, 0.05) is 29.1 Å². The molecule has 1 amide bonds. The first kappa shape index (κ1) is 22.9. The molecule has 3 rings (SSSR count). The van der Waals surface area contributed by atoms with E-state index in [1.807, 2.05) is 0 Å². The van der Waals surface area contributed by atoms with Crippen molar-refractivity contribution < 1.29 is 23.1 Å². The van der Waals surface area contributed by atoms with Crippen LogP contribution in [0, 0.1) is 11.6 Å². The summed E-state index contributed by atoms with van der Waals surface area (Å²) < 4.78 is 32.9. The SMILES string of the molecule is CC1=C(C(=O)OC(C)(C)C)C(c2cccc(Cl)c2)CC(=O)N1Cc1cc(F)cc(F)c1. The standard InChI is InChI=1S/C24H24ClF2NO3/c1-14-22(23(30)31-24(2,3)4)20(16-6-5-7-17(25)10-16)12-21(29)28(14)13-15-8-18(26)11-19(27)9-15/h5-11,20H,12-13H2,1-4H3. The number of halogens is 3. The van der Waals surface area contributed by atoms with Gasteiger partial charge >= 0.3 is 5.97 Å². The molecule has 1 heterocycles. The van der Waals surface area contributed by atoms with Crippen LogP contribution in [0.4, 0.5) is 8.78 Å². The topological polar surface area (TPSA) is 46.6 Å². The average Bonchev–Trinajstić information content (AvgIpc) is 2.62. The summed E-state index contributed by atoms with van der Waals surface area (Å²) in [6.07, 6.45) is 0.00402. The Balaban J connectivity index is 2.07. The van der Waals surface area contributed by atoms with Gasteiger partial charge in [-0.15, -0.1) is 0 Å². The molecule has 0 radical (unpaired) electrons. The second kappa shape index (κ2) is 8.79. The summed E-state index contributed by atoms with van der Waals surface area (Å²) in [5, 5.41) is 0.490. The maximum atomic E-state index is 13.6. The van der Waals surface area contributed by atoms with Gasteiger partial charge in [0.2, 0.25) is 5.91 Å². The molecule has 0 saturated carbocycles. The Morgan fingerprint density at radius 2 is 1.81 bits per heavy atom. The van der Waals surface area contributed by atoms with Gasteiger partial charge in [0.15, 0.2) is 0 Å². The Hall–Kier alpha value is -2.73. The first-order valence-electron chi connectivity index (χ1n) is 9.89. The number of esters is 1. The first-order valence-corrected chi connectivity index (χ1v) is 10.3. The van der Waals surface area contributed by atoms with Crippen LogP contribution in [0.3, 0.4) is 0 Å². The second-order valence-corrected chi connectivity index (χ2v) is 9.01. The third-order valence-corrected chi connectivity index (χ3v) is 5.19. The minimum Gasteiger partial charge on any atom is -0.457 e. The fourth-order valence-electron chi connectivity index (χ4n) is 3.69. The summed E-state index contributed by atoms with van der Waals surface area (Å²) in [6, 6.07) is 10.1. The molecule has 31 heavy (non-hydrogen) atoms. The van der Waals surface area contributed by atoms with Crippen LogP contribution in [-0.2, 0) is 20.9 Å². The van der Waals surface area contributed by atoms with Crippen molar-refractivity contribution in [3.8, 4) is 0 Å². The smallest absolute Gasteiger partial charge is 0.336 e. The van der Waals surface area contributed by atoms with Crippen LogP contribution in [0.1, 0.15) is 51.2 Å². The Kier molecular flexibility index (Phi) is 6.51. The van der Waals surface area contributed by atoms with Crippen molar-refractivity contribution in [1.29, 1.82) is 0 Å². The highest BCUT2D eigenvalue weighted by molar-refractivity contribution is 6.30. The number of amides is 1. The van der Waals surface area contributed by atoms with Gasteiger partial charge in [-0.25, -0.2) is 13.6 Å². The Morgan fingerprint density at radius 1 is 1.16 bits per heavy atom. The number of hydrogen-bond acceptors (Lipinski definition) is 3. The molecule has 0 aliphatic carbocycles. The van der Waals surface area contributed by atoms with Crippen LogP contribution in [0.2, 0.25) is 5.02 Å². The van der Waals surface area contributed by atoms with Crippen LogP contribution >= 0.6 is 11.6 Å². The van der Waals surface area contributed by atoms with Crippen molar-refractivity contribution in [2.24, 2.45) is 0 Å². The van der Waals surface area contributed by atoms with Gasteiger partial charge in [-0.3, -0.25) is 4.79 Å². The number of allylic oxidation sites excluding steroid dienone is 1. The molecule has 1 aliphatic rings. The van der Waals surface area contributed by atoms with E-state index in [2.05, 4.69) is 0 Å². The molecule has 164 valence electrons. The molecule has 1 atom stereocenters. The molecule has 0 aromatic heterocycles. The van der Waals surface area contributed by atoms with E-state index in [0.717, 1.165) is 11.6 Å². The van der Waals surface area contributed by atoms with Crippen LogP contribution in [0.25, 0.3) is 0 Å². The molecule has 0 spiro atoms. The molecule has 0 saturated heterocycles. The van der Waals surface area contributed by atoms with Gasteiger partial charge < -0.3 is 9.64 Å². The number of rotatable bonds is 4. The third kappa shape index (κ3) is 5.50. The zero-order valence-corrected chi connectivity index (χ0v) is 18.6. The van der Waals surface area contributed by atoms with E-state index in [1.54, 1.807) is 52.0 Å². The Labute approximate surface area is 185 Å². The zero-order valence-electron chi connectivity index (χ0n) is 17.8. The van der Waals surface area contributed by atoms with E-state index in [1.165, 1.54) is 17.0 Å². The number of benzene rings is 2. The van der Waals surface area contributed by atoms with Gasteiger partial charge in [0.05, 0.1) is 12.1 Å². The minimum atomic E-state index is -0.735. The van der Waals surface area contributed by atoms with Crippen molar-refractivity contribution in [3.05, 3.63) is 81.5 Å². The highest BCUT2D eigenvalue weighted by Crippen LogP contribution is 2.39. The molecule has 2 aromatic carbocycles. The fraction of sp³-hybridized carbons (Fsp3) is 0.333. The van der Waals surface area contributed by atoms with Crippen LogP contribution < -0.4 is 0 Å². The summed E-state index contributed by atoms with van der Waals surface area (Å²) >= 11 is 6.14. The van der Waals surface area contributed by atoms with E-state index in [-0.39, 0.29) is 24.4 Å². The summed E-state index contributed by atoms with van der Waals surface area (Å²) in [5.74, 6) is -2.81. The average molecular weight is 448 g/mol. The van der Waals surface area contributed by atoms with Crippen LogP contribution in [0.15, 0.2) is 53.7 Å². The van der Waals surface area contributed by atoms with Crippen molar-refractivity contribution in [2.75, 3.05) is 0 Å². The van der Waals surface area contributed by atoms with Gasteiger partial charge in [-0.2, -0.15) is 0 Å². The summed E-state index contributed by atoms with van der Waals surface area (Å²) in [4.78, 5) is 27.5. The fourth-order valence-corrected chi connectivity index (χ4v) is 3.89. The predicted octanol–water partition coefficient (Wildman–Crippen LogP) is 5.75. The van der Waals surface area contributed by atoms with E-state index in [0.29, 0.717) is 16.3 Å². The van der Waals surface area contributed by atoms with Gasteiger partial charge in [-0.1, -0.05) is 23.7 Å². The summed E-state index contributed by atoms with van der Waals surface area (Å²) in [5.41, 5.74) is 0.988. The molecule has 1 aliphatic heterocycles. The summed E-state index contributed by atoms with van der Waals surface area (Å²) in [6.45, 7) is 6.86. The number of carbonyl (C=O) groups is 2. The largest absolute Gasteiger partial charge is 0.457 e. The number of nitrogens with zero attached hydrogens (tertiary/aromatic N) is 1. The van der Waals surface area contributed by atoms with Crippen molar-refractivity contribution in [3.63, 3.8) is 0 Å². The van der Waals surface area contributed by atoms with Crippen LogP contribution in [-0.4, -0.2) is 22.4 Å². The quantitative estimate of drug-likeness (QED) is 0.560. The lowest BCUT2D eigenvalue weighted by molar-refractivity contribution is -0.150. The molecule has 1 unspecified atom stereocenters. The molecule has 0 bridgehead atoms. The van der Waals surface area contributed by atoms with Gasteiger partial charge in [0.25, 0.3) is 0 Å². The van der Waals surface area contributed by atoms with Crippen molar-refractivity contribution in [2.45, 2.75) is 52.2 Å². The number of carbonyl (C=O) groups excluding carboxylic acids is 2. The lowest BCUT2D eigenvalue weighted by Gasteiger charge is -2.35. The maximum absolute atomic E-state index is 13.6. The normalized spacial score (nSPS) is 17.2. The van der Waals surface area contributed by atoms with Crippen molar-refractivity contribution in [1.82, 2.24) is 4.90 Å². The van der Waals surface area contributed by atoms with Gasteiger partial charge in [-0.05, 0) is 63.1 Å². The number of hydrogen-bond donors (Lipinski definition) is 0. The van der Waals surface area contributed by atoms with E-state index < -0.39 is 29.1 Å². The monoisotopic (exact) mass is 447 g/mol. The molecular weight excluding hydrogens is 424 g/mol. The minimum absolute atomic E-state index is 0.00402.